The van der Waals surface area contributed by atoms with Crippen LogP contribution in [0.25, 0.3) is 0 Å². The average molecular weight is 235 g/mol. The lowest BCUT2D eigenvalue weighted by atomic mass is 10.0. The number of nitro benzene ring substituents is 1. The summed E-state index contributed by atoms with van der Waals surface area (Å²) in [6.07, 6.45) is -7.76. The summed E-state index contributed by atoms with van der Waals surface area (Å²) in [6, 6.07) is 3.21. The molecule has 0 aromatic heterocycles. The normalized spacial score (nSPS) is 13.6. The lowest BCUT2D eigenvalue weighted by molar-refractivity contribution is -0.387. The van der Waals surface area contributed by atoms with E-state index in [2.05, 4.69) is 0 Å². The van der Waals surface area contributed by atoms with E-state index in [9.17, 15) is 23.3 Å². The second-order valence-electron chi connectivity index (χ2n) is 3.26. The van der Waals surface area contributed by atoms with Gasteiger partial charge in [-0.3, -0.25) is 10.1 Å². The van der Waals surface area contributed by atoms with Crippen LogP contribution in [-0.4, -0.2) is 16.2 Å². The van der Waals surface area contributed by atoms with Gasteiger partial charge >= 0.3 is 6.18 Å². The molecule has 0 amide bonds. The highest BCUT2D eigenvalue weighted by atomic mass is 19.4. The van der Waals surface area contributed by atoms with E-state index < -0.39 is 28.5 Å². The molecule has 88 valence electrons. The molecule has 0 saturated heterocycles. The predicted molar refractivity (Wildman–Crippen MR) is 48.8 cm³/mol. The fourth-order valence-electron chi connectivity index (χ4n) is 1.24. The molecule has 1 aromatic carbocycles. The average Bonchev–Trinajstić information content (AvgIpc) is 2.14. The number of aliphatic hydroxyl groups excluding tert-OH is 1. The van der Waals surface area contributed by atoms with Crippen LogP contribution in [0.1, 0.15) is 17.2 Å². The van der Waals surface area contributed by atoms with Crippen LogP contribution in [0.4, 0.5) is 18.9 Å². The van der Waals surface area contributed by atoms with Crippen LogP contribution in [0.3, 0.4) is 0 Å². The summed E-state index contributed by atoms with van der Waals surface area (Å²) < 4.78 is 36.7. The van der Waals surface area contributed by atoms with E-state index in [0.717, 1.165) is 12.1 Å². The molecule has 0 aliphatic heterocycles. The maximum absolute atomic E-state index is 12.2. The van der Waals surface area contributed by atoms with Crippen molar-refractivity contribution < 1.29 is 23.2 Å². The van der Waals surface area contributed by atoms with Gasteiger partial charge in [0.25, 0.3) is 5.69 Å². The third-order valence-electron chi connectivity index (χ3n) is 1.98. The molecule has 0 saturated carbocycles. The zero-order valence-electron chi connectivity index (χ0n) is 8.15. The summed E-state index contributed by atoms with van der Waals surface area (Å²) in [6.45, 7) is 1.48. The molecule has 0 heterocycles. The number of rotatable bonds is 2. The minimum atomic E-state index is -4.92. The quantitative estimate of drug-likeness (QED) is 0.632. The Hall–Kier alpha value is -1.63. The van der Waals surface area contributed by atoms with Crippen molar-refractivity contribution in [2.45, 2.75) is 19.2 Å². The van der Waals surface area contributed by atoms with Crippen LogP contribution < -0.4 is 0 Å². The van der Waals surface area contributed by atoms with E-state index in [-0.39, 0.29) is 0 Å². The van der Waals surface area contributed by atoms with E-state index in [1.165, 1.54) is 13.0 Å². The molecule has 0 aliphatic carbocycles. The maximum Gasteiger partial charge on any atom is 0.418 e. The monoisotopic (exact) mass is 235 g/mol. The SMILES string of the molecule is Cc1ccc([N+](=O)[O-])c([C@H](O)C(F)(F)F)c1. The first-order valence-electron chi connectivity index (χ1n) is 4.23. The van der Waals surface area contributed by atoms with E-state index in [4.69, 9.17) is 5.11 Å². The van der Waals surface area contributed by atoms with Gasteiger partial charge in [-0.1, -0.05) is 11.6 Å². The van der Waals surface area contributed by atoms with Crippen molar-refractivity contribution in [2.75, 3.05) is 0 Å². The fourth-order valence-corrected chi connectivity index (χ4v) is 1.24. The van der Waals surface area contributed by atoms with Gasteiger partial charge in [-0.05, 0) is 13.0 Å². The van der Waals surface area contributed by atoms with Crippen LogP contribution in [0.5, 0.6) is 0 Å². The minimum absolute atomic E-state index is 0.406. The molecule has 0 aliphatic rings. The standard InChI is InChI=1S/C9H8F3NO3/c1-5-2-3-7(13(15)16)6(4-5)8(14)9(10,11)12/h2-4,8,14H,1H3/t8-/m0/s1. The molecule has 16 heavy (non-hydrogen) atoms. The molecule has 1 rings (SSSR count). The summed E-state index contributed by atoms with van der Waals surface area (Å²) in [5.74, 6) is 0. The summed E-state index contributed by atoms with van der Waals surface area (Å²) in [7, 11) is 0. The number of benzene rings is 1. The van der Waals surface area contributed by atoms with E-state index in [1.807, 2.05) is 0 Å². The van der Waals surface area contributed by atoms with Crippen LogP contribution >= 0.6 is 0 Å². The number of nitrogens with zero attached hydrogens (tertiary/aromatic N) is 1. The number of alkyl halides is 3. The smallest absolute Gasteiger partial charge is 0.379 e. The van der Waals surface area contributed by atoms with E-state index >= 15 is 0 Å². The molecule has 0 fully saturated rings. The highest BCUT2D eigenvalue weighted by molar-refractivity contribution is 5.44. The second-order valence-corrected chi connectivity index (χ2v) is 3.26. The fraction of sp³-hybridized carbons (Fsp3) is 0.333. The number of nitro groups is 1. The van der Waals surface area contributed by atoms with Crippen LogP contribution in [0.2, 0.25) is 0 Å². The Kier molecular flexibility index (Phi) is 3.18. The van der Waals surface area contributed by atoms with Crippen LogP contribution in [0.15, 0.2) is 18.2 Å². The Balaban J connectivity index is 3.30. The number of aliphatic hydroxyl groups is 1. The van der Waals surface area contributed by atoms with Crippen molar-refractivity contribution in [1.29, 1.82) is 0 Å². The van der Waals surface area contributed by atoms with Gasteiger partial charge in [0.2, 0.25) is 0 Å². The Labute approximate surface area is 88.5 Å². The zero-order valence-corrected chi connectivity index (χ0v) is 8.15. The second kappa shape index (κ2) is 4.09. The van der Waals surface area contributed by atoms with Gasteiger partial charge in [-0.2, -0.15) is 13.2 Å². The predicted octanol–water partition coefficient (Wildman–Crippen LogP) is 2.50. The molecular formula is C9H8F3NO3. The van der Waals surface area contributed by atoms with Gasteiger partial charge in [-0.25, -0.2) is 0 Å². The summed E-state index contributed by atoms with van der Waals surface area (Å²) >= 11 is 0. The number of halogens is 3. The Morgan fingerprint density at radius 2 is 2.00 bits per heavy atom. The largest absolute Gasteiger partial charge is 0.418 e. The molecule has 0 bridgehead atoms. The van der Waals surface area contributed by atoms with Gasteiger partial charge in [0, 0.05) is 6.07 Å². The van der Waals surface area contributed by atoms with Crippen molar-refractivity contribution in [3.63, 3.8) is 0 Å². The van der Waals surface area contributed by atoms with Crippen molar-refractivity contribution >= 4 is 5.69 Å². The molecule has 1 aromatic rings. The van der Waals surface area contributed by atoms with Crippen LogP contribution in [0, 0.1) is 17.0 Å². The Morgan fingerprint density at radius 1 is 1.44 bits per heavy atom. The van der Waals surface area contributed by atoms with Crippen molar-refractivity contribution in [2.24, 2.45) is 0 Å². The molecule has 4 nitrogen and oxygen atoms in total. The highest BCUT2D eigenvalue weighted by Crippen LogP contribution is 2.37. The molecule has 1 N–H and O–H groups in total. The third kappa shape index (κ3) is 2.48. The van der Waals surface area contributed by atoms with Gasteiger partial charge in [0.05, 0.1) is 10.5 Å². The van der Waals surface area contributed by atoms with Crippen molar-refractivity contribution in [3.05, 3.63) is 39.4 Å². The topological polar surface area (TPSA) is 63.4 Å². The van der Waals surface area contributed by atoms with E-state index in [0.29, 0.717) is 5.56 Å². The zero-order chi connectivity index (χ0) is 12.5. The Bertz CT molecular complexity index is 417. The van der Waals surface area contributed by atoms with Crippen molar-refractivity contribution in [3.8, 4) is 0 Å². The highest BCUT2D eigenvalue weighted by Gasteiger charge is 2.42. The van der Waals surface area contributed by atoms with Gasteiger partial charge < -0.3 is 5.11 Å². The van der Waals surface area contributed by atoms with Crippen LogP contribution in [-0.2, 0) is 0 Å². The first-order chi connectivity index (χ1) is 7.23. The maximum atomic E-state index is 12.2. The van der Waals surface area contributed by atoms with Gasteiger partial charge in [0.1, 0.15) is 0 Å². The molecular weight excluding hydrogens is 227 g/mol. The molecule has 0 radical (unpaired) electrons. The number of hydrogen-bond acceptors (Lipinski definition) is 3. The molecule has 0 unspecified atom stereocenters. The van der Waals surface area contributed by atoms with Gasteiger partial charge in [0.15, 0.2) is 6.10 Å². The molecule has 0 spiro atoms. The molecule has 1 atom stereocenters. The Morgan fingerprint density at radius 3 is 2.44 bits per heavy atom. The number of hydrogen-bond donors (Lipinski definition) is 1. The van der Waals surface area contributed by atoms with E-state index in [1.54, 1.807) is 0 Å². The first-order valence-corrected chi connectivity index (χ1v) is 4.23. The third-order valence-corrected chi connectivity index (χ3v) is 1.98. The lowest BCUT2D eigenvalue weighted by Crippen LogP contribution is -2.21. The number of aryl methyl sites for hydroxylation is 1. The summed E-state index contributed by atoms with van der Waals surface area (Å²) in [4.78, 5) is 9.54. The van der Waals surface area contributed by atoms with Crippen molar-refractivity contribution in [1.82, 2.24) is 0 Å². The van der Waals surface area contributed by atoms with Gasteiger partial charge in [-0.15, -0.1) is 0 Å². The summed E-state index contributed by atoms with van der Waals surface area (Å²) in [5, 5.41) is 19.5. The first kappa shape index (κ1) is 12.4. The molecule has 7 heteroatoms. The summed E-state index contributed by atoms with van der Waals surface area (Å²) in [5.41, 5.74) is -1.07. The lowest BCUT2D eigenvalue weighted by Gasteiger charge is -2.15. The minimum Gasteiger partial charge on any atom is -0.379 e.